The summed E-state index contributed by atoms with van der Waals surface area (Å²) < 4.78 is 0. The molecule has 0 saturated heterocycles. The maximum atomic E-state index is 8.42. The van der Waals surface area contributed by atoms with E-state index in [9.17, 15) is 0 Å². The van der Waals surface area contributed by atoms with Crippen LogP contribution in [0, 0.1) is 11.3 Å². The van der Waals surface area contributed by atoms with Gasteiger partial charge in [0.2, 0.25) is 0 Å². The molecular weight excluding hydrogens is 256 g/mol. The number of rotatable bonds is 3. The van der Waals surface area contributed by atoms with E-state index in [4.69, 9.17) is 17.0 Å². The Morgan fingerprint density at radius 2 is 1.89 bits per heavy atom. The van der Waals surface area contributed by atoms with Crippen molar-refractivity contribution in [2.24, 2.45) is 5.92 Å². The second-order valence-electron chi connectivity index (χ2n) is 5.53. The van der Waals surface area contributed by atoms with Crippen molar-refractivity contribution in [3.05, 3.63) is 34.9 Å². The second kappa shape index (κ2) is 6.42. The van der Waals surface area contributed by atoms with Gasteiger partial charge in [0.05, 0.1) is 11.9 Å². The van der Waals surface area contributed by atoms with Crippen molar-refractivity contribution < 1.29 is 0 Å². The van der Waals surface area contributed by atoms with Crippen molar-refractivity contribution in [2.75, 3.05) is 7.05 Å². The third kappa shape index (κ3) is 3.30. The first-order valence-electron chi connectivity index (χ1n) is 7.17. The van der Waals surface area contributed by atoms with Crippen LogP contribution < -0.4 is 0 Å². The third-order valence-electron chi connectivity index (χ3n) is 4.31. The minimum atomic E-state index is 0.156. The van der Waals surface area contributed by atoms with Crippen LogP contribution in [0.25, 0.3) is 0 Å². The van der Waals surface area contributed by atoms with Gasteiger partial charge in [-0.25, -0.2) is 0 Å². The van der Waals surface area contributed by atoms with Crippen LogP contribution in [0.5, 0.6) is 0 Å². The Bertz CT molecular complexity index is 438. The Balaban J connectivity index is 2.08. The Morgan fingerprint density at radius 3 is 2.53 bits per heavy atom. The summed E-state index contributed by atoms with van der Waals surface area (Å²) in [5, 5.41) is 9.21. The van der Waals surface area contributed by atoms with E-state index in [0.29, 0.717) is 5.92 Å². The summed E-state index contributed by atoms with van der Waals surface area (Å²) >= 11 is 6.26. The van der Waals surface area contributed by atoms with Gasteiger partial charge >= 0.3 is 0 Å². The molecule has 1 unspecified atom stereocenters. The van der Waals surface area contributed by atoms with E-state index in [1.54, 1.807) is 0 Å². The van der Waals surface area contributed by atoms with Crippen molar-refractivity contribution in [2.45, 2.75) is 45.1 Å². The smallest absolute Gasteiger partial charge is 0.0991 e. The fourth-order valence-electron chi connectivity index (χ4n) is 2.90. The molecule has 1 aromatic rings. The van der Waals surface area contributed by atoms with Gasteiger partial charge in [0.1, 0.15) is 0 Å². The minimum Gasteiger partial charge on any atom is -0.357 e. The lowest BCUT2D eigenvalue weighted by atomic mass is 9.87. The van der Waals surface area contributed by atoms with E-state index >= 15 is 0 Å². The maximum absolute atomic E-state index is 8.42. The quantitative estimate of drug-likeness (QED) is 0.618. The molecule has 0 heterocycles. The van der Waals surface area contributed by atoms with Crippen molar-refractivity contribution in [3.8, 4) is 0 Å². The molecule has 0 aromatic heterocycles. The summed E-state index contributed by atoms with van der Waals surface area (Å²) in [6.45, 7) is 2.12. The first-order chi connectivity index (χ1) is 9.11. The molecule has 1 aliphatic carbocycles. The lowest BCUT2D eigenvalue weighted by Crippen LogP contribution is -2.35. The molecule has 1 saturated carbocycles. The first-order valence-corrected chi connectivity index (χ1v) is 7.54. The molecule has 2 rings (SSSR count). The van der Waals surface area contributed by atoms with E-state index in [2.05, 4.69) is 17.9 Å². The normalized spacial score (nSPS) is 18.1. The zero-order valence-corrected chi connectivity index (χ0v) is 12.6. The fraction of sp³-hybridized carbons (Fsp3) is 0.562. The average Bonchev–Trinajstić information content (AvgIpc) is 2.46. The minimum absolute atomic E-state index is 0.156. The zero-order valence-electron chi connectivity index (χ0n) is 11.8. The van der Waals surface area contributed by atoms with Gasteiger partial charge in [-0.05, 0) is 31.4 Å². The summed E-state index contributed by atoms with van der Waals surface area (Å²) in [4.78, 5) is 2.08. The van der Waals surface area contributed by atoms with Crippen molar-refractivity contribution in [1.82, 2.24) is 4.90 Å². The lowest BCUT2D eigenvalue weighted by molar-refractivity contribution is 0.342. The highest BCUT2D eigenvalue weighted by molar-refractivity contribution is 6.31. The molecule has 1 atom stereocenters. The van der Waals surface area contributed by atoms with Crippen molar-refractivity contribution in [3.63, 3.8) is 0 Å². The molecule has 2 nitrogen and oxygen atoms in total. The summed E-state index contributed by atoms with van der Waals surface area (Å²) in [5.41, 5.74) is 1.10. The molecule has 0 aliphatic heterocycles. The number of nitrogens with zero attached hydrogens (tertiary/aromatic N) is 1. The van der Waals surface area contributed by atoms with Gasteiger partial charge in [-0.3, -0.25) is 5.41 Å². The number of hydrogen-bond donors (Lipinski definition) is 1. The standard InChI is InChI=1S/C16H23ClN2/c1-12(14-10-6-7-11-15(14)17)19(2)16(18)13-8-4-3-5-9-13/h6-7,10-13,18H,3-5,8-9H2,1-2H3. The largest absolute Gasteiger partial charge is 0.357 e. The van der Waals surface area contributed by atoms with Crippen LogP contribution >= 0.6 is 11.6 Å². The molecule has 0 radical (unpaired) electrons. The van der Waals surface area contributed by atoms with E-state index in [1.165, 1.54) is 32.1 Å². The highest BCUT2D eigenvalue weighted by Crippen LogP contribution is 2.30. The third-order valence-corrected chi connectivity index (χ3v) is 4.65. The maximum Gasteiger partial charge on any atom is 0.0991 e. The summed E-state index contributed by atoms with van der Waals surface area (Å²) in [6, 6.07) is 8.09. The van der Waals surface area contributed by atoms with Crippen molar-refractivity contribution in [1.29, 1.82) is 5.41 Å². The van der Waals surface area contributed by atoms with Crippen LogP contribution in [-0.4, -0.2) is 17.8 Å². The molecule has 0 amide bonds. The predicted molar refractivity (Wildman–Crippen MR) is 81.9 cm³/mol. The van der Waals surface area contributed by atoms with Crippen LogP contribution in [0.15, 0.2) is 24.3 Å². The zero-order chi connectivity index (χ0) is 13.8. The Hall–Kier alpha value is -1.02. The Kier molecular flexibility index (Phi) is 4.87. The molecule has 0 spiro atoms. The van der Waals surface area contributed by atoms with E-state index in [1.807, 2.05) is 25.2 Å². The fourth-order valence-corrected chi connectivity index (χ4v) is 3.19. The van der Waals surface area contributed by atoms with Gasteiger partial charge in [0.15, 0.2) is 0 Å². The topological polar surface area (TPSA) is 27.1 Å². The lowest BCUT2D eigenvalue weighted by Gasteiger charge is -2.33. The van der Waals surface area contributed by atoms with Crippen molar-refractivity contribution >= 4 is 17.4 Å². The molecule has 0 bridgehead atoms. The van der Waals surface area contributed by atoms with Crippen LogP contribution in [0.3, 0.4) is 0 Å². The van der Waals surface area contributed by atoms with Crippen LogP contribution in [0.1, 0.15) is 50.6 Å². The molecule has 19 heavy (non-hydrogen) atoms. The van der Waals surface area contributed by atoms with Gasteiger partial charge in [0, 0.05) is 18.0 Å². The number of hydrogen-bond acceptors (Lipinski definition) is 1. The molecule has 1 aliphatic rings. The highest BCUT2D eigenvalue weighted by atomic mass is 35.5. The number of amidine groups is 1. The monoisotopic (exact) mass is 278 g/mol. The SMILES string of the molecule is CC(c1ccccc1Cl)N(C)C(=N)C1CCCCC1. The van der Waals surface area contributed by atoms with Crippen LogP contribution in [0.2, 0.25) is 5.02 Å². The van der Waals surface area contributed by atoms with E-state index in [0.717, 1.165) is 16.4 Å². The molecule has 1 N–H and O–H groups in total. The number of halogens is 1. The second-order valence-corrected chi connectivity index (χ2v) is 5.94. The Labute approximate surface area is 121 Å². The van der Waals surface area contributed by atoms with Gasteiger partial charge in [0.25, 0.3) is 0 Å². The highest BCUT2D eigenvalue weighted by Gasteiger charge is 2.24. The molecule has 1 fully saturated rings. The molecular formula is C16H23ClN2. The average molecular weight is 279 g/mol. The first kappa shape index (κ1) is 14.4. The van der Waals surface area contributed by atoms with E-state index in [-0.39, 0.29) is 6.04 Å². The molecule has 104 valence electrons. The predicted octanol–water partition coefficient (Wildman–Crippen LogP) is 4.89. The van der Waals surface area contributed by atoms with E-state index < -0.39 is 0 Å². The van der Waals surface area contributed by atoms with Crippen LogP contribution in [-0.2, 0) is 0 Å². The van der Waals surface area contributed by atoms with Crippen LogP contribution in [0.4, 0.5) is 0 Å². The number of benzene rings is 1. The summed E-state index contributed by atoms with van der Waals surface area (Å²) in [5.74, 6) is 1.20. The summed E-state index contributed by atoms with van der Waals surface area (Å²) in [6.07, 6.45) is 6.19. The van der Waals surface area contributed by atoms with Gasteiger partial charge in [-0.1, -0.05) is 49.1 Å². The van der Waals surface area contributed by atoms with Gasteiger partial charge < -0.3 is 4.90 Å². The Morgan fingerprint density at radius 1 is 1.26 bits per heavy atom. The molecule has 1 aromatic carbocycles. The summed E-state index contributed by atoms with van der Waals surface area (Å²) in [7, 11) is 2.02. The number of nitrogens with one attached hydrogen (secondary N) is 1. The van der Waals surface area contributed by atoms with Gasteiger partial charge in [-0.2, -0.15) is 0 Å². The molecule has 3 heteroatoms. The van der Waals surface area contributed by atoms with Gasteiger partial charge in [-0.15, -0.1) is 0 Å².